The molecule has 7 heteroatoms. The van der Waals surface area contributed by atoms with Crippen LogP contribution in [0.15, 0.2) is 60.9 Å². The molecule has 0 bridgehead atoms. The van der Waals surface area contributed by atoms with Crippen LogP contribution in [0.1, 0.15) is 16.1 Å². The van der Waals surface area contributed by atoms with E-state index in [1.807, 2.05) is 49.3 Å². The zero-order chi connectivity index (χ0) is 19.2. The molecule has 2 aromatic carbocycles. The fourth-order valence-electron chi connectivity index (χ4n) is 2.36. The molecule has 1 aromatic heterocycles. The number of benzene rings is 2. The number of carbonyl (C=O) groups excluding carboxylic acids is 1. The maximum atomic E-state index is 12.4. The average Bonchev–Trinajstić information content (AvgIpc) is 2.69. The molecule has 0 saturated heterocycles. The molecule has 7 nitrogen and oxygen atoms in total. The number of hydrogen-bond donors (Lipinski definition) is 2. The highest BCUT2D eigenvalue weighted by Gasteiger charge is 2.09. The van der Waals surface area contributed by atoms with Gasteiger partial charge in [0.05, 0.1) is 11.6 Å². The summed E-state index contributed by atoms with van der Waals surface area (Å²) in [5, 5.41) is 14.7. The number of nitrogens with one attached hydrogen (secondary N) is 2. The molecular formula is C20H18N6O. The van der Waals surface area contributed by atoms with Crippen molar-refractivity contribution in [2.45, 2.75) is 0 Å². The molecule has 0 spiro atoms. The van der Waals surface area contributed by atoms with Gasteiger partial charge in [-0.2, -0.15) is 5.26 Å². The zero-order valence-electron chi connectivity index (χ0n) is 15.0. The summed E-state index contributed by atoms with van der Waals surface area (Å²) in [5.74, 6) is 0.167. The van der Waals surface area contributed by atoms with Crippen molar-refractivity contribution in [2.75, 3.05) is 29.6 Å². The number of rotatable bonds is 5. The molecule has 0 fully saturated rings. The topological polar surface area (TPSA) is 93.9 Å². The van der Waals surface area contributed by atoms with Crippen molar-refractivity contribution in [3.8, 4) is 6.07 Å². The Balaban J connectivity index is 1.70. The fourth-order valence-corrected chi connectivity index (χ4v) is 2.36. The lowest BCUT2D eigenvalue weighted by atomic mass is 10.2. The molecule has 27 heavy (non-hydrogen) atoms. The van der Waals surface area contributed by atoms with Crippen LogP contribution in [-0.2, 0) is 0 Å². The van der Waals surface area contributed by atoms with E-state index in [9.17, 15) is 4.79 Å². The summed E-state index contributed by atoms with van der Waals surface area (Å²) in [7, 11) is 3.96. The maximum Gasteiger partial charge on any atom is 0.274 e. The minimum atomic E-state index is -0.354. The smallest absolute Gasteiger partial charge is 0.274 e. The molecule has 0 aliphatic rings. The Kier molecular flexibility index (Phi) is 5.28. The Bertz CT molecular complexity index is 975. The lowest BCUT2D eigenvalue weighted by Crippen LogP contribution is -2.14. The third-order valence-corrected chi connectivity index (χ3v) is 3.83. The first-order chi connectivity index (χ1) is 13.0. The van der Waals surface area contributed by atoms with Crippen LogP contribution in [0.5, 0.6) is 0 Å². The minimum Gasteiger partial charge on any atom is -0.378 e. The number of hydrogen-bond acceptors (Lipinski definition) is 6. The second-order valence-electron chi connectivity index (χ2n) is 6.00. The van der Waals surface area contributed by atoms with Crippen molar-refractivity contribution in [1.29, 1.82) is 5.26 Å². The molecule has 3 aromatic rings. The van der Waals surface area contributed by atoms with E-state index < -0.39 is 0 Å². The summed E-state index contributed by atoms with van der Waals surface area (Å²) in [6, 6.07) is 18.1. The van der Waals surface area contributed by atoms with Gasteiger partial charge < -0.3 is 15.5 Å². The molecule has 1 heterocycles. The van der Waals surface area contributed by atoms with Gasteiger partial charge in [-0.05, 0) is 48.5 Å². The van der Waals surface area contributed by atoms with Crippen LogP contribution in [0.4, 0.5) is 22.9 Å². The summed E-state index contributed by atoms with van der Waals surface area (Å²) in [5.41, 5.74) is 3.30. The van der Waals surface area contributed by atoms with Crippen molar-refractivity contribution >= 4 is 28.8 Å². The van der Waals surface area contributed by atoms with E-state index in [1.54, 1.807) is 30.3 Å². The van der Waals surface area contributed by atoms with E-state index in [2.05, 4.69) is 20.6 Å². The second kappa shape index (κ2) is 7.97. The van der Waals surface area contributed by atoms with Gasteiger partial charge in [-0.25, -0.2) is 9.97 Å². The monoisotopic (exact) mass is 358 g/mol. The van der Waals surface area contributed by atoms with Gasteiger partial charge in [0.2, 0.25) is 0 Å². The van der Waals surface area contributed by atoms with Crippen LogP contribution < -0.4 is 15.5 Å². The predicted molar refractivity (Wildman–Crippen MR) is 105 cm³/mol. The SMILES string of the molecule is CN(C)c1ccc(Nc2cc(C(=O)Nc3ccc(C#N)cc3)ncn2)cc1. The van der Waals surface area contributed by atoms with Gasteiger partial charge in [0.15, 0.2) is 0 Å². The van der Waals surface area contributed by atoms with E-state index >= 15 is 0 Å². The van der Waals surface area contributed by atoms with Gasteiger partial charge in [-0.3, -0.25) is 4.79 Å². The number of anilines is 4. The van der Waals surface area contributed by atoms with Gasteiger partial charge in [-0.15, -0.1) is 0 Å². The second-order valence-corrected chi connectivity index (χ2v) is 6.00. The largest absolute Gasteiger partial charge is 0.378 e. The molecule has 3 rings (SSSR count). The first kappa shape index (κ1) is 17.9. The summed E-state index contributed by atoms with van der Waals surface area (Å²) in [6.45, 7) is 0. The summed E-state index contributed by atoms with van der Waals surface area (Å²) < 4.78 is 0. The van der Waals surface area contributed by atoms with Crippen LogP contribution in [-0.4, -0.2) is 30.0 Å². The Hall–Kier alpha value is -3.92. The Labute approximate surface area is 157 Å². The molecular weight excluding hydrogens is 340 g/mol. The van der Waals surface area contributed by atoms with E-state index in [4.69, 9.17) is 5.26 Å². The standard InChI is InChI=1S/C20H18N6O/c1-26(2)17-9-7-15(8-10-17)24-19-11-18(22-13-23-19)20(27)25-16-5-3-14(12-21)4-6-16/h3-11,13H,1-2H3,(H,25,27)(H,22,23,24). The van der Waals surface area contributed by atoms with Gasteiger partial charge in [0.25, 0.3) is 5.91 Å². The van der Waals surface area contributed by atoms with Crippen LogP contribution >= 0.6 is 0 Å². The molecule has 0 radical (unpaired) electrons. The summed E-state index contributed by atoms with van der Waals surface area (Å²) in [6.07, 6.45) is 1.34. The maximum absolute atomic E-state index is 12.4. The lowest BCUT2D eigenvalue weighted by Gasteiger charge is -2.13. The Morgan fingerprint density at radius 2 is 1.67 bits per heavy atom. The van der Waals surface area contributed by atoms with Gasteiger partial charge in [0.1, 0.15) is 17.8 Å². The van der Waals surface area contributed by atoms with Crippen molar-refractivity contribution in [3.05, 3.63) is 72.2 Å². The predicted octanol–water partition coefficient (Wildman–Crippen LogP) is 3.41. The molecule has 0 aliphatic heterocycles. The van der Waals surface area contributed by atoms with Gasteiger partial charge in [0, 0.05) is 37.2 Å². The number of carbonyl (C=O) groups is 1. The van der Waals surface area contributed by atoms with E-state index in [-0.39, 0.29) is 11.6 Å². The molecule has 134 valence electrons. The number of nitrogens with zero attached hydrogens (tertiary/aromatic N) is 4. The number of nitriles is 1. The fraction of sp³-hybridized carbons (Fsp3) is 0.100. The third kappa shape index (κ3) is 4.58. The highest BCUT2D eigenvalue weighted by molar-refractivity contribution is 6.03. The van der Waals surface area contributed by atoms with Crippen LogP contribution in [0.25, 0.3) is 0 Å². The van der Waals surface area contributed by atoms with Crippen molar-refractivity contribution in [2.24, 2.45) is 0 Å². The zero-order valence-corrected chi connectivity index (χ0v) is 15.0. The Morgan fingerprint density at radius 3 is 2.30 bits per heavy atom. The van der Waals surface area contributed by atoms with Gasteiger partial charge in [-0.1, -0.05) is 0 Å². The summed E-state index contributed by atoms with van der Waals surface area (Å²) in [4.78, 5) is 22.6. The number of aromatic nitrogens is 2. The molecule has 2 N–H and O–H groups in total. The van der Waals surface area contributed by atoms with Crippen molar-refractivity contribution in [3.63, 3.8) is 0 Å². The quantitative estimate of drug-likeness (QED) is 0.726. The van der Waals surface area contributed by atoms with E-state index in [1.165, 1.54) is 6.33 Å². The molecule has 0 unspecified atom stereocenters. The molecule has 0 aliphatic carbocycles. The molecule has 0 saturated carbocycles. The van der Waals surface area contributed by atoms with Crippen LogP contribution in [0.2, 0.25) is 0 Å². The lowest BCUT2D eigenvalue weighted by molar-refractivity contribution is 0.102. The first-order valence-electron chi connectivity index (χ1n) is 8.23. The van der Waals surface area contributed by atoms with Crippen LogP contribution in [0, 0.1) is 11.3 Å². The first-order valence-corrected chi connectivity index (χ1v) is 8.23. The van der Waals surface area contributed by atoms with E-state index in [0.29, 0.717) is 17.1 Å². The van der Waals surface area contributed by atoms with Gasteiger partial charge >= 0.3 is 0 Å². The molecule has 1 amide bonds. The summed E-state index contributed by atoms with van der Waals surface area (Å²) >= 11 is 0. The normalized spacial score (nSPS) is 9.96. The van der Waals surface area contributed by atoms with Crippen molar-refractivity contribution in [1.82, 2.24) is 9.97 Å². The molecule has 0 atom stereocenters. The highest BCUT2D eigenvalue weighted by atomic mass is 16.1. The van der Waals surface area contributed by atoms with E-state index in [0.717, 1.165) is 11.4 Å². The van der Waals surface area contributed by atoms with Crippen LogP contribution in [0.3, 0.4) is 0 Å². The Morgan fingerprint density at radius 1 is 1.00 bits per heavy atom. The average molecular weight is 358 g/mol. The minimum absolute atomic E-state index is 0.238. The third-order valence-electron chi connectivity index (χ3n) is 3.83. The number of amides is 1. The highest BCUT2D eigenvalue weighted by Crippen LogP contribution is 2.19. The van der Waals surface area contributed by atoms with Crippen molar-refractivity contribution < 1.29 is 4.79 Å².